The molecule has 2 aromatic rings. The van der Waals surface area contributed by atoms with E-state index in [4.69, 9.17) is 69.6 Å². The van der Waals surface area contributed by atoms with Crippen molar-refractivity contribution in [3.8, 4) is 0 Å². The predicted octanol–water partition coefficient (Wildman–Crippen LogP) is 5.74. The quantitative estimate of drug-likeness (QED) is 0.179. The molecule has 2 fully saturated rings. The van der Waals surface area contributed by atoms with Gasteiger partial charge in [-0.15, -0.1) is 23.2 Å². The molecule has 0 unspecified atom stereocenters. The summed E-state index contributed by atoms with van der Waals surface area (Å²) in [4.78, 5) is 47.6. The largest absolute Gasteiger partial charge is 0.273 e. The molecule has 38 heavy (non-hydrogen) atoms. The molecular weight excluding hydrogens is 630 g/mol. The van der Waals surface area contributed by atoms with E-state index in [0.717, 1.165) is 18.2 Å². The van der Waals surface area contributed by atoms with E-state index in [2.05, 4.69) is 0 Å². The van der Waals surface area contributed by atoms with Gasteiger partial charge < -0.3 is 0 Å². The Balaban J connectivity index is 1.64. The number of non-ortho nitro benzene ring substituents is 1. The normalized spacial score (nSPS) is 29.2. The van der Waals surface area contributed by atoms with Crippen LogP contribution in [0.25, 0.3) is 0 Å². The maximum atomic E-state index is 14.6. The number of benzene rings is 2. The average molecular weight is 642 g/mol. The highest BCUT2D eigenvalue weighted by atomic mass is 35.5. The van der Waals surface area contributed by atoms with Crippen molar-refractivity contribution in [1.29, 1.82) is 0 Å². The summed E-state index contributed by atoms with van der Waals surface area (Å²) < 4.78 is 12.4. The lowest BCUT2D eigenvalue weighted by molar-refractivity contribution is -0.384. The van der Waals surface area contributed by atoms with Crippen LogP contribution in [0.1, 0.15) is 15.9 Å². The first-order valence-corrected chi connectivity index (χ1v) is 13.0. The SMILES string of the molecule is O=C(c1cccc([N+](=O)[O-])c1)N(Cc1ccccc1F)N1C(=O)[C@@H]2[C@@H](C1=O)[C@@]1(Cl)C(Cl)=C(Cl)[C@@]2(Cl)C1(Cl)Cl. The highest BCUT2D eigenvalue weighted by Crippen LogP contribution is 2.77. The van der Waals surface area contributed by atoms with Gasteiger partial charge in [0.25, 0.3) is 23.4 Å². The molecule has 0 radical (unpaired) electrons. The number of hydrogen-bond donors (Lipinski definition) is 0. The number of nitro groups is 1. The Morgan fingerprint density at radius 3 is 2.05 bits per heavy atom. The molecule has 0 spiro atoms. The number of hydrazine groups is 1. The number of rotatable bonds is 5. The Bertz CT molecular complexity index is 1440. The van der Waals surface area contributed by atoms with Gasteiger partial charge in [0.15, 0.2) is 4.33 Å². The van der Waals surface area contributed by atoms with E-state index in [-0.39, 0.29) is 21.2 Å². The number of alkyl halides is 4. The number of imide groups is 1. The van der Waals surface area contributed by atoms with Crippen LogP contribution in [0.3, 0.4) is 0 Å². The van der Waals surface area contributed by atoms with Gasteiger partial charge in [-0.3, -0.25) is 24.5 Å². The maximum Gasteiger partial charge on any atom is 0.273 e. The molecule has 2 bridgehead atoms. The van der Waals surface area contributed by atoms with E-state index < -0.39 is 66.6 Å². The van der Waals surface area contributed by atoms with Crippen LogP contribution in [0.4, 0.5) is 10.1 Å². The Kier molecular flexibility index (Phi) is 6.45. The van der Waals surface area contributed by atoms with Crippen molar-refractivity contribution in [3.63, 3.8) is 0 Å². The second-order valence-corrected chi connectivity index (χ2v) is 12.1. The molecule has 1 aliphatic heterocycles. The van der Waals surface area contributed by atoms with Gasteiger partial charge in [-0.2, -0.15) is 5.01 Å². The monoisotopic (exact) mass is 639 g/mol. The first-order valence-electron chi connectivity index (χ1n) is 10.7. The van der Waals surface area contributed by atoms with Gasteiger partial charge in [-0.05, 0) is 12.1 Å². The summed E-state index contributed by atoms with van der Waals surface area (Å²) in [5.41, 5.74) is -0.742. The molecule has 4 atom stereocenters. The Morgan fingerprint density at radius 2 is 1.53 bits per heavy atom. The highest BCUT2D eigenvalue weighted by Gasteiger charge is 2.88. The molecule has 0 N–H and O–H groups in total. The molecule has 1 heterocycles. The summed E-state index contributed by atoms with van der Waals surface area (Å²) in [6, 6.07) is 9.93. The molecule has 1 saturated heterocycles. The number of halogens is 7. The fourth-order valence-electron chi connectivity index (χ4n) is 5.14. The first kappa shape index (κ1) is 27.4. The fraction of sp³-hybridized carbons (Fsp3) is 0.261. The third-order valence-corrected chi connectivity index (χ3v) is 11.2. The van der Waals surface area contributed by atoms with E-state index in [0.29, 0.717) is 10.0 Å². The molecule has 15 heteroatoms. The Morgan fingerprint density at radius 1 is 0.974 bits per heavy atom. The standard InChI is InChI=1S/C23H12Cl6FN3O5/c24-16-17(25)22(27)15-14(21(16,26)23(22,28)29)19(35)32(20(15)36)31(9-11-4-1-2-7-13(11)30)18(34)10-5-3-6-12(8-10)33(37)38/h1-8,14-15H,9H2/t14-,15-,21+,22+/m0/s1. The zero-order valence-corrected chi connectivity index (χ0v) is 23.0. The lowest BCUT2D eigenvalue weighted by atomic mass is 9.84. The van der Waals surface area contributed by atoms with Crippen molar-refractivity contribution in [2.45, 2.75) is 20.6 Å². The van der Waals surface area contributed by atoms with Gasteiger partial charge in [-0.25, -0.2) is 9.40 Å². The molecule has 198 valence electrons. The zero-order valence-electron chi connectivity index (χ0n) is 18.5. The molecular formula is C23H12Cl6FN3O5. The van der Waals surface area contributed by atoms with Crippen molar-refractivity contribution in [2.24, 2.45) is 11.8 Å². The van der Waals surface area contributed by atoms with Crippen molar-refractivity contribution < 1.29 is 23.7 Å². The minimum Gasteiger partial charge on any atom is -0.272 e. The number of fused-ring (bicyclic) bond motifs is 5. The smallest absolute Gasteiger partial charge is 0.272 e. The summed E-state index contributed by atoms with van der Waals surface area (Å²) in [7, 11) is 0. The number of allylic oxidation sites excluding steroid dienone is 2. The van der Waals surface area contributed by atoms with Gasteiger partial charge in [0.2, 0.25) is 0 Å². The van der Waals surface area contributed by atoms with Crippen LogP contribution in [0.5, 0.6) is 0 Å². The molecule has 0 aromatic heterocycles. The van der Waals surface area contributed by atoms with Crippen molar-refractivity contribution in [3.05, 3.63) is 85.7 Å². The molecule has 2 aliphatic carbocycles. The molecule has 5 rings (SSSR count). The summed E-state index contributed by atoms with van der Waals surface area (Å²) >= 11 is 39.1. The lowest BCUT2D eigenvalue weighted by Crippen LogP contribution is -2.55. The molecule has 2 aromatic carbocycles. The Hall–Kier alpha value is -2.14. The van der Waals surface area contributed by atoms with Crippen LogP contribution in [0, 0.1) is 27.8 Å². The minimum atomic E-state index is -2.19. The van der Waals surface area contributed by atoms with E-state index in [1.54, 1.807) is 0 Å². The number of hydrogen-bond acceptors (Lipinski definition) is 5. The second kappa shape index (κ2) is 8.94. The number of amides is 3. The summed E-state index contributed by atoms with van der Waals surface area (Å²) in [6.45, 7) is -0.614. The van der Waals surface area contributed by atoms with E-state index in [9.17, 15) is 28.9 Å². The number of carbonyl (C=O) groups excluding carboxylic acids is 3. The van der Waals surface area contributed by atoms with Crippen LogP contribution >= 0.6 is 69.6 Å². The van der Waals surface area contributed by atoms with E-state index in [1.165, 1.54) is 30.3 Å². The minimum absolute atomic E-state index is 0.0636. The highest BCUT2D eigenvalue weighted by molar-refractivity contribution is 6.66. The van der Waals surface area contributed by atoms with Gasteiger partial charge >= 0.3 is 0 Å². The van der Waals surface area contributed by atoms with E-state index >= 15 is 0 Å². The zero-order chi connectivity index (χ0) is 27.9. The van der Waals surface area contributed by atoms with Gasteiger partial charge in [-0.1, -0.05) is 70.7 Å². The van der Waals surface area contributed by atoms with Gasteiger partial charge in [0.05, 0.1) is 33.4 Å². The summed E-state index contributed by atoms with van der Waals surface area (Å²) in [5, 5.41) is 11.8. The number of nitrogens with zero attached hydrogens (tertiary/aromatic N) is 3. The predicted molar refractivity (Wildman–Crippen MR) is 139 cm³/mol. The van der Waals surface area contributed by atoms with Crippen LogP contribution in [0.2, 0.25) is 0 Å². The first-order chi connectivity index (χ1) is 17.7. The average Bonchev–Trinajstić information content (AvgIpc) is 3.26. The fourth-order valence-corrected chi connectivity index (χ4v) is 8.07. The van der Waals surface area contributed by atoms with Gasteiger partial charge in [0, 0.05) is 23.3 Å². The van der Waals surface area contributed by atoms with Crippen LogP contribution in [-0.4, -0.2) is 46.7 Å². The van der Waals surface area contributed by atoms with Crippen LogP contribution in [0.15, 0.2) is 58.6 Å². The second-order valence-electron chi connectivity index (χ2n) is 8.83. The topological polar surface area (TPSA) is 101 Å². The third-order valence-electron chi connectivity index (χ3n) is 6.94. The number of nitro benzene ring substituents is 1. The van der Waals surface area contributed by atoms with Crippen LogP contribution in [-0.2, 0) is 16.1 Å². The van der Waals surface area contributed by atoms with E-state index in [1.807, 2.05) is 0 Å². The van der Waals surface area contributed by atoms with Crippen molar-refractivity contribution in [1.82, 2.24) is 10.0 Å². The lowest BCUT2D eigenvalue weighted by Gasteiger charge is -2.37. The molecule has 3 aliphatic rings. The van der Waals surface area contributed by atoms with Gasteiger partial charge in [0.1, 0.15) is 15.6 Å². The van der Waals surface area contributed by atoms with Crippen LogP contribution < -0.4 is 0 Å². The van der Waals surface area contributed by atoms with Crippen molar-refractivity contribution >= 4 is 93.0 Å². The summed E-state index contributed by atoms with van der Waals surface area (Å²) in [6.07, 6.45) is 0. The third kappa shape index (κ3) is 3.33. The Labute approximate surface area is 243 Å². The molecule has 1 saturated carbocycles. The van der Waals surface area contributed by atoms with Crippen molar-refractivity contribution in [2.75, 3.05) is 0 Å². The summed E-state index contributed by atoms with van der Waals surface area (Å²) in [5.74, 6) is -6.92. The molecule has 8 nitrogen and oxygen atoms in total. The maximum absolute atomic E-state index is 14.6. The molecule has 3 amide bonds. The number of carbonyl (C=O) groups is 3.